The van der Waals surface area contributed by atoms with Crippen LogP contribution in [0.2, 0.25) is 0 Å². The summed E-state index contributed by atoms with van der Waals surface area (Å²) in [5.41, 5.74) is 2.42. The van der Waals surface area contributed by atoms with Gasteiger partial charge < -0.3 is 14.2 Å². The third-order valence-corrected chi connectivity index (χ3v) is 3.11. The van der Waals surface area contributed by atoms with Crippen molar-refractivity contribution in [2.24, 2.45) is 0 Å². The first-order chi connectivity index (χ1) is 9.83. The maximum absolute atomic E-state index is 5.80. The smallest absolute Gasteiger partial charge is 0.191 e. The molecule has 0 amide bonds. The molecule has 0 aliphatic carbocycles. The van der Waals surface area contributed by atoms with Gasteiger partial charge in [0.15, 0.2) is 6.29 Å². The molecule has 0 spiro atoms. The molecule has 0 aromatic heterocycles. The van der Waals surface area contributed by atoms with Crippen molar-refractivity contribution in [3.63, 3.8) is 0 Å². The van der Waals surface area contributed by atoms with Gasteiger partial charge in [-0.3, -0.25) is 0 Å². The highest BCUT2D eigenvalue weighted by Gasteiger charge is 2.09. The van der Waals surface area contributed by atoms with Gasteiger partial charge in [0.1, 0.15) is 12.4 Å². The molecule has 0 saturated carbocycles. The summed E-state index contributed by atoms with van der Waals surface area (Å²) < 4.78 is 16.1. The molecule has 0 radical (unpaired) electrons. The van der Waals surface area contributed by atoms with Crippen LogP contribution < -0.4 is 4.74 Å². The summed E-state index contributed by atoms with van der Waals surface area (Å²) >= 11 is 0. The summed E-state index contributed by atoms with van der Waals surface area (Å²) in [6.45, 7) is 0.374. The molecule has 2 aromatic carbocycles. The van der Waals surface area contributed by atoms with E-state index < -0.39 is 0 Å². The Morgan fingerprint density at radius 3 is 2.20 bits per heavy atom. The van der Waals surface area contributed by atoms with Gasteiger partial charge >= 0.3 is 0 Å². The Balaban J connectivity index is 2.06. The first-order valence-corrected chi connectivity index (χ1v) is 6.63. The zero-order valence-electron chi connectivity index (χ0n) is 11.9. The zero-order chi connectivity index (χ0) is 14.2. The Kier molecular flexibility index (Phi) is 5.59. The summed E-state index contributed by atoms with van der Waals surface area (Å²) in [7, 11) is 3.21. The molecule has 0 bridgehead atoms. The van der Waals surface area contributed by atoms with E-state index in [0.717, 1.165) is 17.7 Å². The monoisotopic (exact) mass is 272 g/mol. The van der Waals surface area contributed by atoms with Crippen molar-refractivity contribution in [2.75, 3.05) is 20.8 Å². The molecule has 2 rings (SSSR count). The normalized spacial score (nSPS) is 10.8. The van der Waals surface area contributed by atoms with E-state index in [1.54, 1.807) is 14.2 Å². The molecule has 0 fully saturated rings. The molecule has 0 aliphatic rings. The lowest BCUT2D eigenvalue weighted by Gasteiger charge is -2.16. The van der Waals surface area contributed by atoms with Gasteiger partial charge in [0.2, 0.25) is 0 Å². The van der Waals surface area contributed by atoms with Crippen molar-refractivity contribution >= 4 is 0 Å². The predicted molar refractivity (Wildman–Crippen MR) is 79.0 cm³/mol. The second-order valence-electron chi connectivity index (χ2n) is 4.48. The Labute approximate surface area is 120 Å². The molecule has 0 N–H and O–H groups in total. The van der Waals surface area contributed by atoms with Crippen LogP contribution in [0.1, 0.15) is 11.1 Å². The number of hydrogen-bond acceptors (Lipinski definition) is 3. The maximum atomic E-state index is 5.80. The SMILES string of the molecule is COC(COc1ccccc1Cc1ccccc1)OC. The third-order valence-electron chi connectivity index (χ3n) is 3.11. The standard InChI is InChI=1S/C17H20O3/c1-18-17(19-2)13-20-16-11-7-6-10-15(16)12-14-8-4-3-5-9-14/h3-11,17H,12-13H2,1-2H3. The highest BCUT2D eigenvalue weighted by molar-refractivity contribution is 5.37. The largest absolute Gasteiger partial charge is 0.488 e. The van der Waals surface area contributed by atoms with Gasteiger partial charge in [-0.2, -0.15) is 0 Å². The highest BCUT2D eigenvalue weighted by Crippen LogP contribution is 2.21. The van der Waals surface area contributed by atoms with Crippen molar-refractivity contribution < 1.29 is 14.2 Å². The first-order valence-electron chi connectivity index (χ1n) is 6.63. The number of para-hydroxylation sites is 1. The zero-order valence-corrected chi connectivity index (χ0v) is 11.9. The van der Waals surface area contributed by atoms with Crippen molar-refractivity contribution in [1.82, 2.24) is 0 Å². The van der Waals surface area contributed by atoms with Crippen molar-refractivity contribution in [2.45, 2.75) is 12.7 Å². The Morgan fingerprint density at radius 2 is 1.50 bits per heavy atom. The topological polar surface area (TPSA) is 27.7 Å². The molecule has 2 aromatic rings. The lowest BCUT2D eigenvalue weighted by Crippen LogP contribution is -2.22. The molecule has 0 aliphatic heterocycles. The molecule has 3 heteroatoms. The minimum absolute atomic E-state index is 0.347. The molecule has 3 nitrogen and oxygen atoms in total. The Bertz CT molecular complexity index is 507. The Hall–Kier alpha value is -1.84. The molecule has 0 unspecified atom stereocenters. The molecular weight excluding hydrogens is 252 g/mol. The fraction of sp³-hybridized carbons (Fsp3) is 0.294. The van der Waals surface area contributed by atoms with Gasteiger partial charge in [-0.25, -0.2) is 0 Å². The summed E-state index contributed by atoms with van der Waals surface area (Å²) in [4.78, 5) is 0. The fourth-order valence-corrected chi connectivity index (χ4v) is 2.00. The molecule has 106 valence electrons. The van der Waals surface area contributed by atoms with E-state index in [2.05, 4.69) is 18.2 Å². The van der Waals surface area contributed by atoms with Crippen LogP contribution in [0.15, 0.2) is 54.6 Å². The molecule has 0 saturated heterocycles. The third kappa shape index (κ3) is 4.08. The van der Waals surface area contributed by atoms with Crippen molar-refractivity contribution in [3.8, 4) is 5.75 Å². The van der Waals surface area contributed by atoms with Gasteiger partial charge in [0.05, 0.1) is 0 Å². The van der Waals surface area contributed by atoms with Crippen LogP contribution in [0.4, 0.5) is 0 Å². The van der Waals surface area contributed by atoms with E-state index in [1.165, 1.54) is 5.56 Å². The Morgan fingerprint density at radius 1 is 0.850 bits per heavy atom. The van der Waals surface area contributed by atoms with Crippen LogP contribution >= 0.6 is 0 Å². The average Bonchev–Trinajstić information content (AvgIpc) is 2.51. The van der Waals surface area contributed by atoms with Crippen LogP contribution in [-0.2, 0) is 15.9 Å². The molecule has 20 heavy (non-hydrogen) atoms. The fourth-order valence-electron chi connectivity index (χ4n) is 2.00. The number of ether oxygens (including phenoxy) is 3. The number of rotatable bonds is 7. The van der Waals surface area contributed by atoms with E-state index >= 15 is 0 Å². The van der Waals surface area contributed by atoms with Gasteiger partial charge in [-0.05, 0) is 17.2 Å². The van der Waals surface area contributed by atoms with Crippen molar-refractivity contribution in [3.05, 3.63) is 65.7 Å². The van der Waals surface area contributed by atoms with Crippen LogP contribution in [-0.4, -0.2) is 27.1 Å². The highest BCUT2D eigenvalue weighted by atomic mass is 16.7. The van der Waals surface area contributed by atoms with Crippen LogP contribution in [0.5, 0.6) is 5.75 Å². The van der Waals surface area contributed by atoms with E-state index in [-0.39, 0.29) is 6.29 Å². The minimum atomic E-state index is -0.347. The van der Waals surface area contributed by atoms with Crippen molar-refractivity contribution in [1.29, 1.82) is 0 Å². The molecule has 0 heterocycles. The van der Waals surface area contributed by atoms with Crippen LogP contribution in [0, 0.1) is 0 Å². The number of benzene rings is 2. The summed E-state index contributed by atoms with van der Waals surface area (Å²) in [6.07, 6.45) is 0.501. The van der Waals surface area contributed by atoms with E-state index in [9.17, 15) is 0 Å². The number of methoxy groups -OCH3 is 2. The lowest BCUT2D eigenvalue weighted by atomic mass is 10.0. The van der Waals surface area contributed by atoms with Gasteiger partial charge in [0.25, 0.3) is 0 Å². The second-order valence-corrected chi connectivity index (χ2v) is 4.48. The first kappa shape index (κ1) is 14.6. The average molecular weight is 272 g/mol. The molecule has 0 atom stereocenters. The molecular formula is C17H20O3. The van der Waals surface area contributed by atoms with Gasteiger partial charge in [-0.1, -0.05) is 48.5 Å². The van der Waals surface area contributed by atoms with Gasteiger partial charge in [-0.15, -0.1) is 0 Å². The van der Waals surface area contributed by atoms with Crippen LogP contribution in [0.25, 0.3) is 0 Å². The predicted octanol–water partition coefficient (Wildman–Crippen LogP) is 3.28. The van der Waals surface area contributed by atoms with Gasteiger partial charge in [0, 0.05) is 20.6 Å². The van der Waals surface area contributed by atoms with Crippen LogP contribution in [0.3, 0.4) is 0 Å². The number of hydrogen-bond donors (Lipinski definition) is 0. The second kappa shape index (κ2) is 7.68. The van der Waals surface area contributed by atoms with E-state index in [0.29, 0.717) is 6.61 Å². The lowest BCUT2D eigenvalue weighted by molar-refractivity contribution is -0.122. The summed E-state index contributed by atoms with van der Waals surface area (Å²) in [5, 5.41) is 0. The summed E-state index contributed by atoms with van der Waals surface area (Å²) in [6, 6.07) is 18.4. The van der Waals surface area contributed by atoms with E-state index in [4.69, 9.17) is 14.2 Å². The maximum Gasteiger partial charge on any atom is 0.191 e. The quantitative estimate of drug-likeness (QED) is 0.724. The van der Waals surface area contributed by atoms with E-state index in [1.807, 2.05) is 36.4 Å². The minimum Gasteiger partial charge on any atom is -0.488 e. The summed E-state index contributed by atoms with van der Waals surface area (Å²) in [5.74, 6) is 0.871.